The second-order valence-corrected chi connectivity index (χ2v) is 8.51. The van der Waals surface area contributed by atoms with E-state index in [4.69, 9.17) is 14.2 Å². The van der Waals surface area contributed by atoms with Crippen LogP contribution in [-0.2, 0) is 6.54 Å². The van der Waals surface area contributed by atoms with Gasteiger partial charge in [0.1, 0.15) is 11.4 Å². The number of methoxy groups -OCH3 is 2. The molecule has 1 N–H and O–H groups in total. The number of hydrogen-bond acceptors (Lipinski definition) is 4. The summed E-state index contributed by atoms with van der Waals surface area (Å²) in [6, 6.07) is 19.4. The first-order valence-corrected chi connectivity index (χ1v) is 10.9. The Morgan fingerprint density at radius 2 is 1.70 bits per heavy atom. The van der Waals surface area contributed by atoms with Crippen LogP contribution in [0, 0.1) is 0 Å². The molecule has 0 saturated heterocycles. The van der Waals surface area contributed by atoms with Crippen molar-refractivity contribution >= 4 is 10.8 Å². The summed E-state index contributed by atoms with van der Waals surface area (Å²) in [5.74, 6) is 2.40. The smallest absolute Gasteiger partial charge is 0.164 e. The summed E-state index contributed by atoms with van der Waals surface area (Å²) in [4.78, 5) is 0. The lowest BCUT2D eigenvalue weighted by Crippen LogP contribution is -2.42. The summed E-state index contributed by atoms with van der Waals surface area (Å²) >= 11 is 0. The number of fused-ring (bicyclic) bond motifs is 2. The highest BCUT2D eigenvalue weighted by Crippen LogP contribution is 2.50. The molecule has 0 aromatic heterocycles. The molecule has 156 valence electrons. The van der Waals surface area contributed by atoms with Crippen LogP contribution in [0.15, 0.2) is 54.6 Å². The van der Waals surface area contributed by atoms with Gasteiger partial charge >= 0.3 is 0 Å². The zero-order chi connectivity index (χ0) is 20.6. The molecule has 30 heavy (non-hydrogen) atoms. The van der Waals surface area contributed by atoms with Gasteiger partial charge < -0.3 is 19.5 Å². The van der Waals surface area contributed by atoms with Gasteiger partial charge in [0.2, 0.25) is 0 Å². The Hall–Kier alpha value is -2.72. The van der Waals surface area contributed by atoms with E-state index in [1.807, 2.05) is 6.07 Å². The van der Waals surface area contributed by atoms with Crippen molar-refractivity contribution in [1.82, 2.24) is 5.32 Å². The van der Waals surface area contributed by atoms with E-state index in [0.29, 0.717) is 0 Å². The Bertz CT molecular complexity index is 1050. The first-order valence-electron chi connectivity index (χ1n) is 10.9. The standard InChI is InChI=1S/C26H29NO3/c1-28-24-14-21-22(27-17-19-10-7-9-18-8-3-4-11-20(18)19)16-26(12-5-6-13-26)30-23(21)15-25(24)29-2/h3-4,7-11,14-15,22,27H,5-6,12-13,16-17H2,1-2H3/t22-/m0/s1. The zero-order valence-electron chi connectivity index (χ0n) is 17.7. The monoisotopic (exact) mass is 403 g/mol. The predicted octanol–water partition coefficient (Wildman–Crippen LogP) is 5.78. The molecule has 1 aliphatic heterocycles. The van der Waals surface area contributed by atoms with Crippen molar-refractivity contribution in [2.24, 2.45) is 0 Å². The Morgan fingerprint density at radius 1 is 0.967 bits per heavy atom. The zero-order valence-corrected chi connectivity index (χ0v) is 17.7. The van der Waals surface area contributed by atoms with Crippen LogP contribution in [0.4, 0.5) is 0 Å². The topological polar surface area (TPSA) is 39.7 Å². The van der Waals surface area contributed by atoms with Gasteiger partial charge in [-0.15, -0.1) is 0 Å². The molecule has 1 atom stereocenters. The molecule has 0 unspecified atom stereocenters. The summed E-state index contributed by atoms with van der Waals surface area (Å²) in [6.07, 6.45) is 5.69. The molecule has 1 saturated carbocycles. The van der Waals surface area contributed by atoms with Crippen molar-refractivity contribution in [3.63, 3.8) is 0 Å². The molecule has 0 amide bonds. The summed E-state index contributed by atoms with van der Waals surface area (Å²) in [5, 5.41) is 6.44. The molecule has 0 radical (unpaired) electrons. The van der Waals surface area contributed by atoms with Crippen molar-refractivity contribution in [3.8, 4) is 17.2 Å². The molecule has 4 heteroatoms. The van der Waals surface area contributed by atoms with Gasteiger partial charge in [-0.05, 0) is 48.1 Å². The van der Waals surface area contributed by atoms with E-state index in [1.54, 1.807) is 14.2 Å². The third-order valence-electron chi connectivity index (χ3n) is 6.73. The van der Waals surface area contributed by atoms with E-state index in [-0.39, 0.29) is 11.6 Å². The Balaban J connectivity index is 1.49. The minimum absolute atomic E-state index is 0.0664. The first-order chi connectivity index (χ1) is 14.7. The SMILES string of the molecule is COc1cc2c(cc1OC)[C@@H](NCc1cccc3ccccc13)CC1(CCCC1)O2. The summed E-state index contributed by atoms with van der Waals surface area (Å²) in [5.41, 5.74) is 2.41. The van der Waals surface area contributed by atoms with Gasteiger partial charge in [0.05, 0.1) is 14.2 Å². The average molecular weight is 404 g/mol. The molecule has 3 aromatic rings. The lowest BCUT2D eigenvalue weighted by atomic mass is 9.85. The molecule has 1 spiro atoms. The average Bonchev–Trinajstić information content (AvgIpc) is 3.23. The van der Waals surface area contributed by atoms with Crippen molar-refractivity contribution in [1.29, 1.82) is 0 Å². The molecule has 3 aromatic carbocycles. The summed E-state index contributed by atoms with van der Waals surface area (Å²) in [7, 11) is 3.36. The second kappa shape index (κ2) is 7.84. The second-order valence-electron chi connectivity index (χ2n) is 8.51. The molecule has 0 bridgehead atoms. The number of hydrogen-bond donors (Lipinski definition) is 1. The fourth-order valence-corrected chi connectivity index (χ4v) is 5.18. The highest BCUT2D eigenvalue weighted by atomic mass is 16.5. The van der Waals surface area contributed by atoms with Gasteiger partial charge in [0.15, 0.2) is 11.5 Å². The quantitative estimate of drug-likeness (QED) is 0.586. The molecular formula is C26H29NO3. The molecule has 1 heterocycles. The van der Waals surface area contributed by atoms with Gasteiger partial charge in [-0.1, -0.05) is 42.5 Å². The normalized spacial score (nSPS) is 19.5. The van der Waals surface area contributed by atoms with Crippen molar-refractivity contribution in [2.75, 3.05) is 14.2 Å². The van der Waals surface area contributed by atoms with E-state index in [1.165, 1.54) is 29.2 Å². The van der Waals surface area contributed by atoms with E-state index in [9.17, 15) is 0 Å². The summed E-state index contributed by atoms with van der Waals surface area (Å²) in [6.45, 7) is 0.815. The van der Waals surface area contributed by atoms with Gasteiger partial charge in [-0.3, -0.25) is 0 Å². The number of ether oxygens (including phenoxy) is 3. The third kappa shape index (κ3) is 3.39. The van der Waals surface area contributed by atoms with Crippen LogP contribution in [-0.4, -0.2) is 19.8 Å². The van der Waals surface area contributed by atoms with Crippen molar-refractivity contribution in [2.45, 2.75) is 50.3 Å². The number of benzene rings is 3. The largest absolute Gasteiger partial charge is 0.493 e. The highest BCUT2D eigenvalue weighted by Gasteiger charge is 2.43. The van der Waals surface area contributed by atoms with Gasteiger partial charge in [-0.2, -0.15) is 0 Å². The van der Waals surface area contributed by atoms with E-state index in [0.717, 1.165) is 48.6 Å². The van der Waals surface area contributed by atoms with Crippen molar-refractivity contribution < 1.29 is 14.2 Å². The highest BCUT2D eigenvalue weighted by molar-refractivity contribution is 5.85. The van der Waals surface area contributed by atoms with Crippen LogP contribution in [0.3, 0.4) is 0 Å². The van der Waals surface area contributed by atoms with E-state index in [2.05, 4.69) is 53.8 Å². The molecule has 1 aliphatic carbocycles. The molecular weight excluding hydrogens is 374 g/mol. The maximum absolute atomic E-state index is 6.60. The van der Waals surface area contributed by atoms with Crippen molar-refractivity contribution in [3.05, 3.63) is 65.7 Å². The van der Waals surface area contributed by atoms with Crippen LogP contribution in [0.1, 0.15) is 49.3 Å². The Labute approximate surface area is 178 Å². The van der Waals surface area contributed by atoms with Crippen LogP contribution in [0.25, 0.3) is 10.8 Å². The summed E-state index contributed by atoms with van der Waals surface area (Å²) < 4.78 is 17.7. The van der Waals surface area contributed by atoms with Crippen LogP contribution in [0.5, 0.6) is 17.2 Å². The van der Waals surface area contributed by atoms with E-state index >= 15 is 0 Å². The maximum Gasteiger partial charge on any atom is 0.164 e. The van der Waals surface area contributed by atoms with Gasteiger partial charge in [0.25, 0.3) is 0 Å². The lowest BCUT2D eigenvalue weighted by molar-refractivity contribution is 0.0360. The lowest BCUT2D eigenvalue weighted by Gasteiger charge is -2.40. The van der Waals surface area contributed by atoms with Crippen LogP contribution in [0.2, 0.25) is 0 Å². The minimum Gasteiger partial charge on any atom is -0.493 e. The number of rotatable bonds is 5. The van der Waals surface area contributed by atoms with Gasteiger partial charge in [0, 0.05) is 30.6 Å². The van der Waals surface area contributed by atoms with Crippen LogP contribution < -0.4 is 19.5 Å². The molecule has 2 aliphatic rings. The molecule has 1 fully saturated rings. The third-order valence-corrected chi connectivity index (χ3v) is 6.73. The maximum atomic E-state index is 6.60. The molecule has 4 nitrogen and oxygen atoms in total. The Kier molecular flexibility index (Phi) is 5.03. The Morgan fingerprint density at radius 3 is 2.50 bits per heavy atom. The first kappa shape index (κ1) is 19.3. The van der Waals surface area contributed by atoms with Crippen LogP contribution >= 0.6 is 0 Å². The predicted molar refractivity (Wildman–Crippen MR) is 120 cm³/mol. The van der Waals surface area contributed by atoms with E-state index < -0.39 is 0 Å². The number of nitrogens with one attached hydrogen (secondary N) is 1. The van der Waals surface area contributed by atoms with Gasteiger partial charge in [-0.25, -0.2) is 0 Å². The molecule has 5 rings (SSSR count). The minimum atomic E-state index is -0.0664. The fourth-order valence-electron chi connectivity index (χ4n) is 5.18. The fraction of sp³-hybridized carbons (Fsp3) is 0.385.